The zero-order valence-electron chi connectivity index (χ0n) is 8.87. The normalized spacial score (nSPS) is 10.6. The molecular weight excluding hydrogens is 208 g/mol. The number of fused-ring (bicyclic) bond motifs is 1. The maximum absolute atomic E-state index is 11.7. The minimum Gasteiger partial charge on any atom is -0.462 e. The Morgan fingerprint density at radius 1 is 1.38 bits per heavy atom. The van der Waals surface area contributed by atoms with E-state index in [2.05, 4.69) is 9.97 Å². The zero-order valence-corrected chi connectivity index (χ0v) is 8.87. The van der Waals surface area contributed by atoms with E-state index in [1.807, 2.05) is 6.92 Å². The average Bonchev–Trinajstić information content (AvgIpc) is 2.65. The number of imidazole rings is 1. The molecule has 0 spiro atoms. The van der Waals surface area contributed by atoms with Crippen LogP contribution < -0.4 is 5.69 Å². The summed E-state index contributed by atoms with van der Waals surface area (Å²) in [7, 11) is 0. The molecule has 0 fully saturated rings. The molecule has 0 atom stereocenters. The second kappa shape index (κ2) is 4.22. The molecular formula is C11H12N2O3. The number of hydrogen-bond donors (Lipinski definition) is 2. The van der Waals surface area contributed by atoms with Crippen molar-refractivity contribution in [3.8, 4) is 0 Å². The fraction of sp³-hybridized carbons (Fsp3) is 0.273. The quantitative estimate of drug-likeness (QED) is 0.768. The number of benzene rings is 1. The van der Waals surface area contributed by atoms with Gasteiger partial charge in [-0.1, -0.05) is 13.0 Å². The summed E-state index contributed by atoms with van der Waals surface area (Å²) >= 11 is 0. The van der Waals surface area contributed by atoms with Gasteiger partial charge in [0, 0.05) is 0 Å². The zero-order chi connectivity index (χ0) is 11.5. The summed E-state index contributed by atoms with van der Waals surface area (Å²) < 4.78 is 5.02. The Morgan fingerprint density at radius 3 is 2.94 bits per heavy atom. The number of carbonyl (C=O) groups excluding carboxylic acids is 1. The van der Waals surface area contributed by atoms with Gasteiger partial charge in [0.15, 0.2) is 0 Å². The number of hydrogen-bond acceptors (Lipinski definition) is 3. The lowest BCUT2D eigenvalue weighted by atomic mass is 10.2. The lowest BCUT2D eigenvalue weighted by Crippen LogP contribution is -2.07. The molecule has 5 heteroatoms. The number of esters is 1. The van der Waals surface area contributed by atoms with E-state index in [0.717, 1.165) is 6.42 Å². The van der Waals surface area contributed by atoms with Gasteiger partial charge < -0.3 is 14.7 Å². The minimum absolute atomic E-state index is 0.328. The van der Waals surface area contributed by atoms with E-state index in [0.29, 0.717) is 23.2 Å². The first-order valence-electron chi connectivity index (χ1n) is 5.10. The number of rotatable bonds is 3. The van der Waals surface area contributed by atoms with Gasteiger partial charge in [0.1, 0.15) is 0 Å². The van der Waals surface area contributed by atoms with Crippen molar-refractivity contribution in [2.24, 2.45) is 0 Å². The van der Waals surface area contributed by atoms with Crippen LogP contribution in [0, 0.1) is 0 Å². The second-order valence-electron chi connectivity index (χ2n) is 3.44. The molecule has 0 radical (unpaired) electrons. The molecule has 0 unspecified atom stereocenters. The van der Waals surface area contributed by atoms with E-state index in [4.69, 9.17) is 4.74 Å². The summed E-state index contributed by atoms with van der Waals surface area (Å²) in [5, 5.41) is 0. The number of para-hydroxylation sites is 1. The van der Waals surface area contributed by atoms with Crippen molar-refractivity contribution in [1.82, 2.24) is 9.97 Å². The van der Waals surface area contributed by atoms with Gasteiger partial charge in [-0.2, -0.15) is 0 Å². The number of ether oxygens (including phenoxy) is 1. The molecule has 2 aromatic rings. The van der Waals surface area contributed by atoms with Crippen LogP contribution in [0.2, 0.25) is 0 Å². The largest absolute Gasteiger partial charge is 0.462 e. The van der Waals surface area contributed by atoms with Crippen molar-refractivity contribution in [2.45, 2.75) is 13.3 Å². The van der Waals surface area contributed by atoms with Crippen LogP contribution in [-0.4, -0.2) is 22.5 Å². The van der Waals surface area contributed by atoms with Crippen LogP contribution in [0.3, 0.4) is 0 Å². The van der Waals surface area contributed by atoms with Gasteiger partial charge in [-0.05, 0) is 18.6 Å². The van der Waals surface area contributed by atoms with Gasteiger partial charge in [-0.15, -0.1) is 0 Å². The van der Waals surface area contributed by atoms with Crippen molar-refractivity contribution in [3.63, 3.8) is 0 Å². The lowest BCUT2D eigenvalue weighted by Gasteiger charge is -2.03. The number of nitrogens with one attached hydrogen (secondary N) is 2. The molecule has 0 saturated carbocycles. The molecule has 0 amide bonds. The molecule has 1 aromatic carbocycles. The third kappa shape index (κ3) is 1.84. The third-order valence-electron chi connectivity index (χ3n) is 2.21. The number of aromatic nitrogens is 2. The second-order valence-corrected chi connectivity index (χ2v) is 3.44. The summed E-state index contributed by atoms with van der Waals surface area (Å²) in [6.07, 6.45) is 0.769. The van der Waals surface area contributed by atoms with Crippen LogP contribution in [0.1, 0.15) is 23.7 Å². The SMILES string of the molecule is CCCOC(=O)c1cccc2[nH]c(=O)[nH]c12. The van der Waals surface area contributed by atoms with E-state index in [1.54, 1.807) is 18.2 Å². The summed E-state index contributed by atoms with van der Waals surface area (Å²) in [6, 6.07) is 5.06. The molecule has 1 aromatic heterocycles. The van der Waals surface area contributed by atoms with Crippen molar-refractivity contribution in [1.29, 1.82) is 0 Å². The monoisotopic (exact) mass is 220 g/mol. The van der Waals surface area contributed by atoms with Gasteiger partial charge in [0.05, 0.1) is 23.2 Å². The van der Waals surface area contributed by atoms with E-state index in [1.165, 1.54) is 0 Å². The maximum atomic E-state index is 11.7. The topological polar surface area (TPSA) is 75.0 Å². The Labute approximate surface area is 91.4 Å². The Balaban J connectivity index is 2.43. The summed E-state index contributed by atoms with van der Waals surface area (Å²) in [6.45, 7) is 2.30. The first-order valence-corrected chi connectivity index (χ1v) is 5.10. The van der Waals surface area contributed by atoms with Crippen LogP contribution in [0.25, 0.3) is 11.0 Å². The van der Waals surface area contributed by atoms with Crippen LogP contribution >= 0.6 is 0 Å². The highest BCUT2D eigenvalue weighted by Gasteiger charge is 2.12. The first-order chi connectivity index (χ1) is 7.72. The highest BCUT2D eigenvalue weighted by molar-refractivity contribution is 6.01. The van der Waals surface area contributed by atoms with Gasteiger partial charge in [-0.3, -0.25) is 0 Å². The summed E-state index contributed by atoms with van der Waals surface area (Å²) in [4.78, 5) is 27.9. The van der Waals surface area contributed by atoms with Crippen molar-refractivity contribution in [2.75, 3.05) is 6.61 Å². The van der Waals surface area contributed by atoms with Crippen LogP contribution in [0.15, 0.2) is 23.0 Å². The average molecular weight is 220 g/mol. The minimum atomic E-state index is -0.414. The van der Waals surface area contributed by atoms with Gasteiger partial charge in [-0.25, -0.2) is 9.59 Å². The first kappa shape index (κ1) is 10.5. The molecule has 2 N–H and O–H groups in total. The van der Waals surface area contributed by atoms with Crippen LogP contribution in [-0.2, 0) is 4.74 Å². The van der Waals surface area contributed by atoms with Gasteiger partial charge in [0.2, 0.25) is 0 Å². The molecule has 0 aliphatic heterocycles. The Hall–Kier alpha value is -2.04. The highest BCUT2D eigenvalue weighted by atomic mass is 16.5. The fourth-order valence-electron chi connectivity index (χ4n) is 1.50. The van der Waals surface area contributed by atoms with E-state index < -0.39 is 5.97 Å². The summed E-state index contributed by atoms with van der Waals surface area (Å²) in [5.41, 5.74) is 1.15. The molecule has 2 rings (SSSR count). The Morgan fingerprint density at radius 2 is 2.19 bits per heavy atom. The molecule has 0 aliphatic carbocycles. The molecule has 0 bridgehead atoms. The van der Waals surface area contributed by atoms with Crippen LogP contribution in [0.4, 0.5) is 0 Å². The molecule has 1 heterocycles. The predicted molar refractivity (Wildman–Crippen MR) is 59.5 cm³/mol. The number of aromatic amines is 2. The molecule has 0 aliphatic rings. The Kier molecular flexibility index (Phi) is 2.76. The lowest BCUT2D eigenvalue weighted by molar-refractivity contribution is 0.0507. The number of carbonyl (C=O) groups is 1. The smallest absolute Gasteiger partial charge is 0.340 e. The maximum Gasteiger partial charge on any atom is 0.340 e. The number of H-pyrrole nitrogens is 2. The van der Waals surface area contributed by atoms with Crippen LogP contribution in [0.5, 0.6) is 0 Å². The van der Waals surface area contributed by atoms with Gasteiger partial charge >= 0.3 is 11.7 Å². The van der Waals surface area contributed by atoms with Crippen molar-refractivity contribution < 1.29 is 9.53 Å². The van der Waals surface area contributed by atoms with E-state index in [-0.39, 0.29) is 5.69 Å². The van der Waals surface area contributed by atoms with Crippen molar-refractivity contribution in [3.05, 3.63) is 34.2 Å². The Bertz CT molecular complexity index is 568. The predicted octanol–water partition coefficient (Wildman–Crippen LogP) is 1.42. The molecule has 16 heavy (non-hydrogen) atoms. The molecule has 5 nitrogen and oxygen atoms in total. The standard InChI is InChI=1S/C11H12N2O3/c1-2-6-16-10(14)7-4-3-5-8-9(7)13-11(15)12-8/h3-5H,2,6H2,1H3,(H2,12,13,15). The molecule has 84 valence electrons. The highest BCUT2D eigenvalue weighted by Crippen LogP contribution is 2.14. The van der Waals surface area contributed by atoms with E-state index in [9.17, 15) is 9.59 Å². The molecule has 0 saturated heterocycles. The van der Waals surface area contributed by atoms with E-state index >= 15 is 0 Å². The third-order valence-corrected chi connectivity index (χ3v) is 2.21. The summed E-state index contributed by atoms with van der Waals surface area (Å²) in [5.74, 6) is -0.414. The fourth-order valence-corrected chi connectivity index (χ4v) is 1.50. The van der Waals surface area contributed by atoms with Crippen molar-refractivity contribution >= 4 is 17.0 Å². The van der Waals surface area contributed by atoms with Gasteiger partial charge in [0.25, 0.3) is 0 Å².